The van der Waals surface area contributed by atoms with E-state index in [1.54, 1.807) is 13.8 Å². The van der Waals surface area contributed by atoms with Crippen LogP contribution in [0, 0.1) is 11.6 Å². The molecule has 0 fully saturated rings. The normalized spacial score (nSPS) is 11.4. The fourth-order valence-electron chi connectivity index (χ4n) is 1.70. The molecule has 1 amide bonds. The van der Waals surface area contributed by atoms with Crippen LogP contribution in [0.1, 0.15) is 19.4 Å². The molecule has 0 atom stereocenters. The molecule has 0 aliphatic heterocycles. The van der Waals surface area contributed by atoms with Crippen LogP contribution >= 0.6 is 0 Å². The molecular formula is C12H16F2N2O. The van der Waals surface area contributed by atoms with Gasteiger partial charge < -0.3 is 11.1 Å². The van der Waals surface area contributed by atoms with E-state index in [4.69, 9.17) is 5.73 Å². The van der Waals surface area contributed by atoms with E-state index in [1.807, 2.05) is 0 Å². The van der Waals surface area contributed by atoms with Crippen LogP contribution in [0.2, 0.25) is 0 Å². The Morgan fingerprint density at radius 3 is 2.29 bits per heavy atom. The van der Waals surface area contributed by atoms with Crippen molar-refractivity contribution in [2.45, 2.75) is 25.8 Å². The Bertz CT molecular complexity index is 399. The maximum atomic E-state index is 13.0. The number of rotatable bonds is 4. The van der Waals surface area contributed by atoms with Gasteiger partial charge in [-0.25, -0.2) is 8.78 Å². The van der Waals surface area contributed by atoms with E-state index in [9.17, 15) is 13.6 Å². The van der Waals surface area contributed by atoms with E-state index < -0.39 is 17.2 Å². The molecule has 0 aromatic heterocycles. The van der Waals surface area contributed by atoms with Gasteiger partial charge in [-0.3, -0.25) is 4.79 Å². The van der Waals surface area contributed by atoms with Crippen LogP contribution in [0.3, 0.4) is 0 Å². The highest BCUT2D eigenvalue weighted by Gasteiger charge is 2.20. The van der Waals surface area contributed by atoms with E-state index in [0.717, 1.165) is 6.07 Å². The molecule has 0 saturated carbocycles. The topological polar surface area (TPSA) is 55.1 Å². The lowest BCUT2D eigenvalue weighted by Gasteiger charge is -2.26. The average Bonchev–Trinajstić information content (AvgIpc) is 2.13. The van der Waals surface area contributed by atoms with Crippen LogP contribution in [0.15, 0.2) is 18.2 Å². The van der Waals surface area contributed by atoms with E-state index in [1.165, 1.54) is 12.1 Å². The highest BCUT2D eigenvalue weighted by molar-refractivity contribution is 5.78. The molecule has 1 rings (SSSR count). The first kappa shape index (κ1) is 13.6. The molecule has 0 aliphatic rings. The number of amides is 1. The zero-order valence-electron chi connectivity index (χ0n) is 9.89. The number of carbonyl (C=O) groups is 1. The molecule has 0 aliphatic carbocycles. The maximum Gasteiger partial charge on any atom is 0.234 e. The first-order valence-corrected chi connectivity index (χ1v) is 5.28. The predicted molar refractivity (Wildman–Crippen MR) is 61.3 cm³/mol. The molecule has 3 N–H and O–H groups in total. The first-order valence-electron chi connectivity index (χ1n) is 5.28. The lowest BCUT2D eigenvalue weighted by atomic mass is 9.94. The quantitative estimate of drug-likeness (QED) is 0.837. The summed E-state index contributed by atoms with van der Waals surface area (Å²) in [6.07, 6.45) is 0.327. The summed E-state index contributed by atoms with van der Waals surface area (Å²) in [5.74, 6) is -1.55. The Hall–Kier alpha value is -1.49. The largest absolute Gasteiger partial charge is 0.350 e. The first-order chi connectivity index (χ1) is 7.82. The van der Waals surface area contributed by atoms with E-state index in [-0.39, 0.29) is 12.5 Å². The van der Waals surface area contributed by atoms with Crippen molar-refractivity contribution in [3.8, 4) is 0 Å². The Balaban J connectivity index is 2.78. The van der Waals surface area contributed by atoms with Crippen LogP contribution in [0.5, 0.6) is 0 Å². The van der Waals surface area contributed by atoms with Crippen molar-refractivity contribution in [3.63, 3.8) is 0 Å². The van der Waals surface area contributed by atoms with Gasteiger partial charge in [0.2, 0.25) is 5.91 Å². The molecule has 0 heterocycles. The highest BCUT2D eigenvalue weighted by atomic mass is 19.1. The number of halogens is 2. The predicted octanol–water partition coefficient (Wildman–Crippen LogP) is 1.36. The Kier molecular flexibility index (Phi) is 4.17. The lowest BCUT2D eigenvalue weighted by Crippen LogP contribution is -2.47. The molecule has 17 heavy (non-hydrogen) atoms. The molecule has 1 aromatic rings. The van der Waals surface area contributed by atoms with Crippen molar-refractivity contribution >= 4 is 5.91 Å². The van der Waals surface area contributed by atoms with Gasteiger partial charge in [-0.15, -0.1) is 0 Å². The van der Waals surface area contributed by atoms with Crippen molar-refractivity contribution < 1.29 is 13.6 Å². The van der Waals surface area contributed by atoms with Crippen LogP contribution in [0.4, 0.5) is 8.78 Å². The molecule has 0 radical (unpaired) electrons. The molecule has 0 spiro atoms. The van der Waals surface area contributed by atoms with Gasteiger partial charge in [0.05, 0.1) is 6.54 Å². The fourth-order valence-corrected chi connectivity index (χ4v) is 1.70. The van der Waals surface area contributed by atoms with Crippen LogP contribution < -0.4 is 11.1 Å². The van der Waals surface area contributed by atoms with E-state index in [0.29, 0.717) is 12.0 Å². The average molecular weight is 242 g/mol. The van der Waals surface area contributed by atoms with Crippen molar-refractivity contribution in [2.75, 3.05) is 6.54 Å². The van der Waals surface area contributed by atoms with Gasteiger partial charge >= 0.3 is 0 Å². The number of benzene rings is 1. The highest BCUT2D eigenvalue weighted by Crippen LogP contribution is 2.15. The van der Waals surface area contributed by atoms with Gasteiger partial charge in [-0.05, 0) is 38.0 Å². The SMILES string of the molecule is CC(C)(Cc1cc(F)cc(F)c1)NC(=O)CN. The second-order valence-electron chi connectivity index (χ2n) is 4.59. The van der Waals surface area contributed by atoms with E-state index in [2.05, 4.69) is 5.32 Å². The fraction of sp³-hybridized carbons (Fsp3) is 0.417. The number of nitrogens with one attached hydrogen (secondary N) is 1. The molecular weight excluding hydrogens is 226 g/mol. The smallest absolute Gasteiger partial charge is 0.234 e. The van der Waals surface area contributed by atoms with Crippen molar-refractivity contribution in [2.24, 2.45) is 5.73 Å². The maximum absolute atomic E-state index is 13.0. The Morgan fingerprint density at radius 2 is 1.82 bits per heavy atom. The number of hydrogen-bond acceptors (Lipinski definition) is 2. The minimum atomic E-state index is -0.624. The molecule has 0 saturated heterocycles. The minimum absolute atomic E-state index is 0.110. The zero-order valence-corrected chi connectivity index (χ0v) is 9.89. The van der Waals surface area contributed by atoms with Gasteiger partial charge in [0.25, 0.3) is 0 Å². The van der Waals surface area contributed by atoms with Gasteiger partial charge in [0, 0.05) is 11.6 Å². The second kappa shape index (κ2) is 5.23. The van der Waals surface area contributed by atoms with Crippen molar-refractivity contribution in [1.82, 2.24) is 5.32 Å². The standard InChI is InChI=1S/C12H16F2N2O/c1-12(2,16-11(17)7-15)6-8-3-9(13)5-10(14)4-8/h3-5H,6-7,15H2,1-2H3,(H,16,17). The van der Waals surface area contributed by atoms with Gasteiger partial charge in [-0.1, -0.05) is 0 Å². The summed E-state index contributed by atoms with van der Waals surface area (Å²) >= 11 is 0. The van der Waals surface area contributed by atoms with Gasteiger partial charge in [0.15, 0.2) is 0 Å². The summed E-state index contributed by atoms with van der Waals surface area (Å²) in [7, 11) is 0. The number of carbonyl (C=O) groups excluding carboxylic acids is 1. The van der Waals surface area contributed by atoms with Crippen molar-refractivity contribution in [3.05, 3.63) is 35.4 Å². The van der Waals surface area contributed by atoms with Crippen LogP contribution in [-0.2, 0) is 11.2 Å². The second-order valence-corrected chi connectivity index (χ2v) is 4.59. The summed E-state index contributed by atoms with van der Waals surface area (Å²) in [4.78, 5) is 11.2. The summed E-state index contributed by atoms with van der Waals surface area (Å²) < 4.78 is 26.0. The molecule has 0 bridgehead atoms. The Morgan fingerprint density at radius 1 is 1.29 bits per heavy atom. The summed E-state index contributed by atoms with van der Waals surface area (Å²) in [5, 5.41) is 2.68. The van der Waals surface area contributed by atoms with Gasteiger partial charge in [0.1, 0.15) is 11.6 Å². The minimum Gasteiger partial charge on any atom is -0.350 e. The summed E-state index contributed by atoms with van der Waals surface area (Å²) in [6.45, 7) is 3.42. The third kappa shape index (κ3) is 4.48. The third-order valence-electron chi connectivity index (χ3n) is 2.23. The van der Waals surface area contributed by atoms with Crippen LogP contribution in [-0.4, -0.2) is 18.0 Å². The molecule has 3 nitrogen and oxygen atoms in total. The third-order valence-corrected chi connectivity index (χ3v) is 2.23. The molecule has 5 heteroatoms. The summed E-state index contributed by atoms with van der Waals surface area (Å²) in [5.41, 5.74) is 5.08. The molecule has 1 aromatic carbocycles. The van der Waals surface area contributed by atoms with Gasteiger partial charge in [-0.2, -0.15) is 0 Å². The monoisotopic (exact) mass is 242 g/mol. The Labute approximate surface area is 99.0 Å². The number of hydrogen-bond donors (Lipinski definition) is 2. The number of nitrogens with two attached hydrogens (primary N) is 1. The van der Waals surface area contributed by atoms with E-state index >= 15 is 0 Å². The van der Waals surface area contributed by atoms with Crippen molar-refractivity contribution in [1.29, 1.82) is 0 Å². The summed E-state index contributed by atoms with van der Waals surface area (Å²) in [6, 6.07) is 3.31. The molecule has 0 unspecified atom stereocenters. The van der Waals surface area contributed by atoms with Crippen LogP contribution in [0.25, 0.3) is 0 Å². The molecule has 94 valence electrons. The lowest BCUT2D eigenvalue weighted by molar-refractivity contribution is -0.121. The zero-order chi connectivity index (χ0) is 13.1.